The topological polar surface area (TPSA) is 90.0 Å². The van der Waals surface area contributed by atoms with Gasteiger partial charge in [0.2, 0.25) is 11.8 Å². The number of nitrogens with zero attached hydrogens (tertiary/aromatic N) is 2. The summed E-state index contributed by atoms with van der Waals surface area (Å²) < 4.78 is 17.1. The van der Waals surface area contributed by atoms with E-state index in [0.717, 1.165) is 16.0 Å². The normalized spacial score (nSPS) is 15.9. The molecular weight excluding hydrogens is 418 g/mol. The molecule has 1 atom stereocenters. The minimum atomic E-state index is -0.491. The van der Waals surface area contributed by atoms with E-state index in [0.29, 0.717) is 28.9 Å². The number of ether oxygens (including phenoxy) is 3. The number of carbonyl (C=O) groups excluding carboxylic acids is 2. The Labute approximate surface area is 183 Å². The van der Waals surface area contributed by atoms with E-state index in [-0.39, 0.29) is 24.8 Å². The average molecular weight is 442 g/mol. The highest BCUT2D eigenvalue weighted by atomic mass is 32.1. The maximum absolute atomic E-state index is 12.9. The van der Waals surface area contributed by atoms with Crippen LogP contribution >= 0.6 is 11.3 Å². The van der Waals surface area contributed by atoms with Crippen LogP contribution in [0.4, 0.5) is 10.8 Å². The van der Waals surface area contributed by atoms with Crippen LogP contribution in [-0.2, 0) is 9.59 Å². The number of hydrogen-bond acceptors (Lipinski definition) is 7. The summed E-state index contributed by atoms with van der Waals surface area (Å²) in [5.41, 5.74) is 1.37. The molecule has 8 nitrogen and oxygen atoms in total. The Bertz CT molecular complexity index is 1130. The fraction of sp³-hybridized carbons (Fsp3) is 0.318. The number of carbonyl (C=O) groups is 2. The maximum Gasteiger partial charge on any atom is 0.231 e. The molecule has 0 radical (unpaired) electrons. The van der Waals surface area contributed by atoms with E-state index in [1.54, 1.807) is 37.3 Å². The number of aromatic nitrogens is 1. The van der Waals surface area contributed by atoms with Crippen molar-refractivity contribution in [1.29, 1.82) is 0 Å². The number of anilines is 2. The number of rotatable bonds is 7. The van der Waals surface area contributed by atoms with Crippen LogP contribution in [0.15, 0.2) is 36.4 Å². The van der Waals surface area contributed by atoms with E-state index in [4.69, 9.17) is 14.2 Å². The van der Waals surface area contributed by atoms with Crippen molar-refractivity contribution < 1.29 is 23.8 Å². The zero-order chi connectivity index (χ0) is 22.0. The van der Waals surface area contributed by atoms with Gasteiger partial charge in [-0.2, -0.15) is 0 Å². The minimum Gasteiger partial charge on any atom is -0.497 e. The summed E-state index contributed by atoms with van der Waals surface area (Å²) in [4.78, 5) is 31.6. The molecule has 3 aromatic rings. The van der Waals surface area contributed by atoms with Crippen molar-refractivity contribution in [2.45, 2.75) is 13.3 Å². The van der Waals surface area contributed by atoms with E-state index in [1.807, 2.05) is 25.1 Å². The first-order valence-electron chi connectivity index (χ1n) is 9.89. The van der Waals surface area contributed by atoms with E-state index in [1.165, 1.54) is 11.3 Å². The highest BCUT2D eigenvalue weighted by molar-refractivity contribution is 7.22. The molecule has 1 aliphatic rings. The number of hydrogen-bond donors (Lipinski definition) is 1. The van der Waals surface area contributed by atoms with E-state index in [2.05, 4.69) is 10.3 Å². The van der Waals surface area contributed by atoms with Crippen molar-refractivity contribution in [3.8, 4) is 17.2 Å². The summed E-state index contributed by atoms with van der Waals surface area (Å²) in [5, 5.41) is 3.36. The number of nitrogens with one attached hydrogen (secondary N) is 1. The van der Waals surface area contributed by atoms with Crippen LogP contribution in [0, 0.1) is 5.92 Å². The highest BCUT2D eigenvalue weighted by Crippen LogP contribution is 2.36. The Morgan fingerprint density at radius 1 is 1.19 bits per heavy atom. The molecule has 2 aromatic carbocycles. The second-order valence-corrected chi connectivity index (χ2v) is 8.04. The molecule has 0 bridgehead atoms. The largest absolute Gasteiger partial charge is 0.497 e. The quantitative estimate of drug-likeness (QED) is 0.601. The van der Waals surface area contributed by atoms with Gasteiger partial charge in [-0.25, -0.2) is 4.98 Å². The van der Waals surface area contributed by atoms with Crippen LogP contribution in [0.5, 0.6) is 17.2 Å². The fourth-order valence-corrected chi connectivity index (χ4v) is 4.44. The minimum absolute atomic E-state index is 0.117. The summed E-state index contributed by atoms with van der Waals surface area (Å²) in [5.74, 6) is 1.05. The Morgan fingerprint density at radius 3 is 2.74 bits per heavy atom. The second-order valence-electron chi connectivity index (χ2n) is 7.01. The molecule has 1 aliphatic heterocycles. The summed E-state index contributed by atoms with van der Waals surface area (Å²) in [7, 11) is 3.10. The van der Waals surface area contributed by atoms with E-state index in [9.17, 15) is 9.59 Å². The van der Waals surface area contributed by atoms with Crippen molar-refractivity contribution in [1.82, 2.24) is 4.98 Å². The lowest BCUT2D eigenvalue weighted by Crippen LogP contribution is -2.28. The van der Waals surface area contributed by atoms with Crippen molar-refractivity contribution in [3.63, 3.8) is 0 Å². The Morgan fingerprint density at radius 2 is 2.00 bits per heavy atom. The third kappa shape index (κ3) is 4.27. The van der Waals surface area contributed by atoms with Gasteiger partial charge in [0.15, 0.2) is 5.13 Å². The molecule has 0 aliphatic carbocycles. The molecule has 1 fully saturated rings. The fourth-order valence-electron chi connectivity index (χ4n) is 3.55. The van der Waals surface area contributed by atoms with Crippen molar-refractivity contribution >= 4 is 44.2 Å². The molecule has 9 heteroatoms. The molecule has 2 heterocycles. The third-order valence-electron chi connectivity index (χ3n) is 5.07. The Balaban J connectivity index is 1.49. The number of benzene rings is 2. The van der Waals surface area contributed by atoms with Crippen LogP contribution in [0.1, 0.15) is 13.3 Å². The number of methoxy groups -OCH3 is 2. The lowest BCUT2D eigenvalue weighted by molar-refractivity contribution is -0.122. The average Bonchev–Trinajstić information content (AvgIpc) is 3.35. The van der Waals surface area contributed by atoms with Gasteiger partial charge in [-0.05, 0) is 37.3 Å². The monoisotopic (exact) mass is 441 g/mol. The first kappa shape index (κ1) is 20.9. The van der Waals surface area contributed by atoms with Gasteiger partial charge in [-0.3, -0.25) is 9.59 Å². The van der Waals surface area contributed by atoms with Crippen LogP contribution in [0.2, 0.25) is 0 Å². The van der Waals surface area contributed by atoms with Crippen LogP contribution < -0.4 is 24.4 Å². The standard InChI is InChI=1S/C22H23N3O5S/c1-4-30-15-5-7-16-19(11-15)31-22(23-16)24-21(27)13-9-20(26)25(12-13)17-10-14(28-2)6-8-18(17)29-3/h5-8,10-11,13H,4,9,12H2,1-3H3,(H,23,24,27)/t13-/m0/s1. The SMILES string of the molecule is CCOc1ccc2nc(NC(=O)[C@H]3CC(=O)N(c4cc(OC)ccc4OC)C3)sc2c1. The lowest BCUT2D eigenvalue weighted by atomic mass is 10.1. The zero-order valence-electron chi connectivity index (χ0n) is 17.5. The highest BCUT2D eigenvalue weighted by Gasteiger charge is 2.36. The van der Waals surface area contributed by atoms with Crippen LogP contribution in [-0.4, -0.2) is 44.2 Å². The molecule has 1 N–H and O–H groups in total. The van der Waals surface area contributed by atoms with Gasteiger partial charge >= 0.3 is 0 Å². The summed E-state index contributed by atoms with van der Waals surface area (Å²) >= 11 is 1.38. The summed E-state index contributed by atoms with van der Waals surface area (Å²) in [6.07, 6.45) is 0.117. The number of fused-ring (bicyclic) bond motifs is 1. The molecular formula is C22H23N3O5S. The van der Waals surface area contributed by atoms with Crippen molar-refractivity contribution in [2.75, 3.05) is 37.6 Å². The second kappa shape index (κ2) is 8.81. The molecule has 162 valence electrons. The first-order valence-corrected chi connectivity index (χ1v) is 10.7. The summed E-state index contributed by atoms with van der Waals surface area (Å²) in [6.45, 7) is 2.77. The molecule has 0 spiro atoms. The zero-order valence-corrected chi connectivity index (χ0v) is 18.3. The van der Waals surface area contributed by atoms with Gasteiger partial charge in [0.25, 0.3) is 0 Å². The molecule has 0 unspecified atom stereocenters. The van der Waals surface area contributed by atoms with Crippen molar-refractivity contribution in [2.24, 2.45) is 5.92 Å². The smallest absolute Gasteiger partial charge is 0.231 e. The molecule has 0 saturated carbocycles. The van der Waals surface area contributed by atoms with Crippen molar-refractivity contribution in [3.05, 3.63) is 36.4 Å². The van der Waals surface area contributed by atoms with Crippen LogP contribution in [0.25, 0.3) is 10.2 Å². The Hall–Kier alpha value is -3.33. The van der Waals surface area contributed by atoms with Gasteiger partial charge in [0, 0.05) is 19.0 Å². The molecule has 31 heavy (non-hydrogen) atoms. The van der Waals surface area contributed by atoms with Crippen LogP contribution in [0.3, 0.4) is 0 Å². The first-order chi connectivity index (χ1) is 15.0. The lowest BCUT2D eigenvalue weighted by Gasteiger charge is -2.20. The predicted octanol–water partition coefficient (Wildman–Crippen LogP) is 3.70. The number of amides is 2. The molecule has 2 amide bonds. The molecule has 1 saturated heterocycles. The summed E-state index contributed by atoms with van der Waals surface area (Å²) in [6, 6.07) is 10.9. The van der Waals surface area contributed by atoms with Gasteiger partial charge in [-0.15, -0.1) is 0 Å². The van der Waals surface area contributed by atoms with Gasteiger partial charge < -0.3 is 24.4 Å². The third-order valence-corrected chi connectivity index (χ3v) is 6.01. The van der Waals surface area contributed by atoms with Gasteiger partial charge in [-0.1, -0.05) is 11.3 Å². The molecule has 1 aromatic heterocycles. The maximum atomic E-state index is 12.9. The molecule has 4 rings (SSSR count). The van der Waals surface area contributed by atoms with Gasteiger partial charge in [0.1, 0.15) is 17.2 Å². The predicted molar refractivity (Wildman–Crippen MR) is 119 cm³/mol. The van der Waals surface area contributed by atoms with E-state index >= 15 is 0 Å². The number of thiazole rings is 1. The van der Waals surface area contributed by atoms with E-state index < -0.39 is 5.92 Å². The Kier molecular flexibility index (Phi) is 5.94. The van der Waals surface area contributed by atoms with Gasteiger partial charge in [0.05, 0.1) is 42.6 Å².